The first kappa shape index (κ1) is 16.7. The molecule has 0 radical (unpaired) electrons. The van der Waals surface area contributed by atoms with Gasteiger partial charge in [-0.25, -0.2) is 4.39 Å². The number of hydrogen-bond acceptors (Lipinski definition) is 1. The minimum atomic E-state index is -0.835. The van der Waals surface area contributed by atoms with Gasteiger partial charge in [-0.1, -0.05) is 38.2 Å². The van der Waals surface area contributed by atoms with Gasteiger partial charge in [0, 0.05) is 0 Å². The molecule has 0 unspecified atom stereocenters. The van der Waals surface area contributed by atoms with E-state index in [0.29, 0.717) is 24.5 Å². The Morgan fingerprint density at radius 1 is 0.957 bits per heavy atom. The van der Waals surface area contributed by atoms with E-state index in [1.54, 1.807) is 19.1 Å². The van der Waals surface area contributed by atoms with Crippen LogP contribution in [0.1, 0.15) is 63.9 Å². The van der Waals surface area contributed by atoms with Crippen molar-refractivity contribution in [1.82, 2.24) is 0 Å². The fourth-order valence-corrected chi connectivity index (χ4v) is 4.25. The molecule has 2 aliphatic carbocycles. The van der Waals surface area contributed by atoms with Crippen molar-refractivity contribution in [2.75, 3.05) is 6.61 Å². The summed E-state index contributed by atoms with van der Waals surface area (Å²) in [6, 6.07) is 3.24. The molecule has 2 fully saturated rings. The molecule has 128 valence electrons. The second-order valence-corrected chi connectivity index (χ2v) is 7.29. The van der Waals surface area contributed by atoms with E-state index >= 15 is 0 Å². The topological polar surface area (TPSA) is 9.23 Å². The zero-order chi connectivity index (χ0) is 16.2. The lowest BCUT2D eigenvalue weighted by atomic mass is 9.67. The molecule has 0 atom stereocenters. The fraction of sp³-hybridized carbons (Fsp3) is 0.700. The molecule has 0 aliphatic heterocycles. The summed E-state index contributed by atoms with van der Waals surface area (Å²) in [4.78, 5) is 0. The molecule has 3 heteroatoms. The highest BCUT2D eigenvalue weighted by molar-refractivity contribution is 5.31. The van der Waals surface area contributed by atoms with Crippen LogP contribution in [0.25, 0.3) is 0 Å². The van der Waals surface area contributed by atoms with Crippen molar-refractivity contribution in [3.63, 3.8) is 0 Å². The number of hydrogen-bond donors (Lipinski definition) is 0. The summed E-state index contributed by atoms with van der Waals surface area (Å²) in [6.45, 7) is 2.12. The predicted octanol–water partition coefficient (Wildman–Crippen LogP) is 5.90. The van der Waals surface area contributed by atoms with E-state index in [4.69, 9.17) is 4.74 Å². The molecule has 0 spiro atoms. The van der Waals surface area contributed by atoms with E-state index in [1.165, 1.54) is 44.9 Å². The Morgan fingerprint density at radius 3 is 2.26 bits per heavy atom. The zero-order valence-corrected chi connectivity index (χ0v) is 14.1. The van der Waals surface area contributed by atoms with Gasteiger partial charge in [0.1, 0.15) is 0 Å². The maximum absolute atomic E-state index is 14.1. The second kappa shape index (κ2) is 7.63. The minimum Gasteiger partial charge on any atom is -0.491 e. The van der Waals surface area contributed by atoms with Crippen molar-refractivity contribution in [2.45, 2.75) is 64.7 Å². The van der Waals surface area contributed by atoms with Crippen molar-refractivity contribution in [3.8, 4) is 5.75 Å². The molecule has 0 amide bonds. The number of aryl methyl sites for hydroxylation is 1. The molecule has 0 bridgehead atoms. The highest BCUT2D eigenvalue weighted by atomic mass is 19.2. The van der Waals surface area contributed by atoms with Gasteiger partial charge in [-0.2, -0.15) is 4.39 Å². The van der Waals surface area contributed by atoms with Crippen molar-refractivity contribution >= 4 is 0 Å². The SMILES string of the molecule is CCOc1ccc(CCC2CCC(C3CCC3)CC2)c(F)c1F. The summed E-state index contributed by atoms with van der Waals surface area (Å²) in [5.41, 5.74) is 0.493. The molecule has 2 aliphatic rings. The molecular weight excluding hydrogens is 294 g/mol. The van der Waals surface area contributed by atoms with Gasteiger partial charge in [-0.05, 0) is 62.0 Å². The zero-order valence-electron chi connectivity index (χ0n) is 14.1. The third-order valence-electron chi connectivity index (χ3n) is 5.96. The van der Waals surface area contributed by atoms with Crippen LogP contribution in [-0.4, -0.2) is 6.61 Å². The predicted molar refractivity (Wildman–Crippen MR) is 88.6 cm³/mol. The summed E-state index contributed by atoms with van der Waals surface area (Å²) in [5.74, 6) is 1.08. The molecular formula is C20H28F2O. The Bertz CT molecular complexity index is 517. The van der Waals surface area contributed by atoms with E-state index in [-0.39, 0.29) is 5.75 Å². The first-order chi connectivity index (χ1) is 11.2. The molecule has 1 nitrogen and oxygen atoms in total. The lowest BCUT2D eigenvalue weighted by Gasteiger charge is -2.38. The Kier molecular flexibility index (Phi) is 5.55. The lowest BCUT2D eigenvalue weighted by Crippen LogP contribution is -2.26. The van der Waals surface area contributed by atoms with Crippen LogP contribution >= 0.6 is 0 Å². The maximum atomic E-state index is 14.1. The Hall–Kier alpha value is -1.12. The Labute approximate surface area is 138 Å². The van der Waals surface area contributed by atoms with Gasteiger partial charge in [0.05, 0.1) is 6.61 Å². The molecule has 23 heavy (non-hydrogen) atoms. The third kappa shape index (κ3) is 3.87. The number of rotatable bonds is 6. The maximum Gasteiger partial charge on any atom is 0.200 e. The van der Waals surface area contributed by atoms with E-state index in [9.17, 15) is 8.78 Å². The lowest BCUT2D eigenvalue weighted by molar-refractivity contribution is 0.136. The van der Waals surface area contributed by atoms with Crippen LogP contribution in [0.15, 0.2) is 12.1 Å². The molecule has 0 N–H and O–H groups in total. The van der Waals surface area contributed by atoms with Crippen LogP contribution in [0.3, 0.4) is 0 Å². The quantitative estimate of drug-likeness (QED) is 0.633. The summed E-state index contributed by atoms with van der Waals surface area (Å²) >= 11 is 0. The van der Waals surface area contributed by atoms with Crippen LogP contribution in [0, 0.1) is 29.4 Å². The molecule has 2 saturated carbocycles. The molecule has 1 aromatic rings. The second-order valence-electron chi connectivity index (χ2n) is 7.29. The van der Waals surface area contributed by atoms with Crippen molar-refractivity contribution in [3.05, 3.63) is 29.3 Å². The van der Waals surface area contributed by atoms with Crippen LogP contribution in [0.4, 0.5) is 8.78 Å². The highest BCUT2D eigenvalue weighted by Crippen LogP contribution is 2.43. The van der Waals surface area contributed by atoms with Gasteiger partial charge in [-0.3, -0.25) is 0 Å². The Balaban J connectivity index is 1.50. The first-order valence-electron chi connectivity index (χ1n) is 9.28. The van der Waals surface area contributed by atoms with E-state index < -0.39 is 11.6 Å². The van der Waals surface area contributed by atoms with Crippen LogP contribution in [0.2, 0.25) is 0 Å². The average molecular weight is 322 g/mol. The first-order valence-corrected chi connectivity index (χ1v) is 9.28. The van der Waals surface area contributed by atoms with Gasteiger partial charge in [0.2, 0.25) is 5.82 Å². The molecule has 0 aromatic heterocycles. The van der Waals surface area contributed by atoms with Crippen LogP contribution < -0.4 is 4.74 Å². The van der Waals surface area contributed by atoms with Gasteiger partial charge in [0.15, 0.2) is 11.6 Å². The number of benzene rings is 1. The van der Waals surface area contributed by atoms with E-state index in [1.807, 2.05) is 0 Å². The third-order valence-corrected chi connectivity index (χ3v) is 5.96. The summed E-state index contributed by atoms with van der Waals surface area (Å²) in [5, 5.41) is 0. The largest absolute Gasteiger partial charge is 0.491 e. The van der Waals surface area contributed by atoms with Gasteiger partial charge < -0.3 is 4.74 Å². The minimum absolute atomic E-state index is 0.0229. The molecule has 0 heterocycles. The van der Waals surface area contributed by atoms with Crippen molar-refractivity contribution in [2.24, 2.45) is 17.8 Å². The summed E-state index contributed by atoms with van der Waals surface area (Å²) in [6.07, 6.45) is 11.1. The monoisotopic (exact) mass is 322 g/mol. The van der Waals surface area contributed by atoms with E-state index in [0.717, 1.165) is 18.3 Å². The van der Waals surface area contributed by atoms with Crippen LogP contribution in [0.5, 0.6) is 5.75 Å². The normalized spacial score (nSPS) is 25.2. The smallest absolute Gasteiger partial charge is 0.200 e. The Morgan fingerprint density at radius 2 is 1.65 bits per heavy atom. The molecule has 1 aromatic carbocycles. The number of ether oxygens (including phenoxy) is 1. The van der Waals surface area contributed by atoms with Crippen LogP contribution in [-0.2, 0) is 6.42 Å². The van der Waals surface area contributed by atoms with Gasteiger partial charge >= 0.3 is 0 Å². The molecule has 3 rings (SSSR count). The van der Waals surface area contributed by atoms with Crippen molar-refractivity contribution in [1.29, 1.82) is 0 Å². The highest BCUT2D eigenvalue weighted by Gasteiger charge is 2.30. The van der Waals surface area contributed by atoms with Gasteiger partial charge in [-0.15, -0.1) is 0 Å². The van der Waals surface area contributed by atoms with Gasteiger partial charge in [0.25, 0.3) is 0 Å². The van der Waals surface area contributed by atoms with E-state index in [2.05, 4.69) is 0 Å². The summed E-state index contributed by atoms with van der Waals surface area (Å²) < 4.78 is 33.1. The number of halogens is 2. The standard InChI is InChI=1S/C20H28F2O/c1-2-23-18-13-12-17(19(21)20(18)22)11-8-14-6-9-16(10-7-14)15-4-3-5-15/h12-16H,2-11H2,1H3. The van der Waals surface area contributed by atoms with Crippen molar-refractivity contribution < 1.29 is 13.5 Å². The molecule has 0 saturated heterocycles. The average Bonchev–Trinajstić information content (AvgIpc) is 2.51. The fourth-order valence-electron chi connectivity index (χ4n) is 4.25. The summed E-state index contributed by atoms with van der Waals surface area (Å²) in [7, 11) is 0.